The lowest BCUT2D eigenvalue weighted by Crippen LogP contribution is -3.00. The van der Waals surface area contributed by atoms with E-state index in [4.69, 9.17) is 5.73 Å². The number of nitrogens with zero attached hydrogens (tertiary/aromatic N) is 1. The Morgan fingerprint density at radius 1 is 1.15 bits per heavy atom. The highest BCUT2D eigenvalue weighted by atomic mass is 35.5. The number of carbonyl (C=O) groups excluding carboxylic acids is 1. The van der Waals surface area contributed by atoms with E-state index in [2.05, 4.69) is 0 Å². The van der Waals surface area contributed by atoms with E-state index < -0.39 is 0 Å². The number of aryl methyl sites for hydroxylation is 2. The molecule has 0 amide bonds. The van der Waals surface area contributed by atoms with Crippen LogP contribution in [0.2, 0.25) is 0 Å². The number of ketones is 1. The van der Waals surface area contributed by atoms with Crippen molar-refractivity contribution in [1.29, 1.82) is 0 Å². The van der Waals surface area contributed by atoms with Crippen LogP contribution in [-0.4, -0.2) is 5.78 Å². The highest BCUT2D eigenvalue weighted by Gasteiger charge is 2.06. The predicted octanol–water partition coefficient (Wildman–Crippen LogP) is -0.469. The summed E-state index contributed by atoms with van der Waals surface area (Å²) in [5.41, 5.74) is 9.19. The minimum absolute atomic E-state index is 0. The summed E-state index contributed by atoms with van der Waals surface area (Å²) >= 11 is 0. The Morgan fingerprint density at radius 2 is 1.80 bits per heavy atom. The van der Waals surface area contributed by atoms with Gasteiger partial charge in [0.15, 0.2) is 24.4 Å². The molecule has 0 spiro atoms. The van der Waals surface area contributed by atoms with Gasteiger partial charge in [-0.3, -0.25) is 4.79 Å². The number of nitrogen functional groups attached to an aromatic ring is 1. The molecular weight excluding hydrogens is 272 g/mol. The number of aromatic nitrogens is 1. The molecule has 4 heteroatoms. The van der Waals surface area contributed by atoms with Gasteiger partial charge in [0.1, 0.15) is 0 Å². The first kappa shape index (κ1) is 15.9. The molecule has 0 atom stereocenters. The summed E-state index contributed by atoms with van der Waals surface area (Å²) in [6.45, 7) is 3.96. The fraction of sp³-hybridized carbons (Fsp3) is 0.125. The first-order chi connectivity index (χ1) is 9.06. The molecule has 2 aromatic rings. The van der Waals surface area contributed by atoms with Crippen molar-refractivity contribution in [3.8, 4) is 0 Å². The minimum Gasteiger partial charge on any atom is -1.00 e. The van der Waals surface area contributed by atoms with E-state index in [0.29, 0.717) is 5.69 Å². The molecule has 0 aliphatic carbocycles. The van der Waals surface area contributed by atoms with Gasteiger partial charge >= 0.3 is 0 Å². The molecule has 0 unspecified atom stereocenters. The van der Waals surface area contributed by atoms with E-state index in [9.17, 15) is 4.79 Å². The summed E-state index contributed by atoms with van der Waals surface area (Å²) in [5.74, 6) is 0.00169. The number of benzene rings is 1. The summed E-state index contributed by atoms with van der Waals surface area (Å²) in [5, 5.41) is 0. The average molecular weight is 289 g/mol. The van der Waals surface area contributed by atoms with Crippen molar-refractivity contribution < 1.29 is 21.8 Å². The summed E-state index contributed by atoms with van der Waals surface area (Å²) < 4.78 is 1.79. The van der Waals surface area contributed by atoms with Gasteiger partial charge in [-0.15, -0.1) is 0 Å². The minimum atomic E-state index is 0. The lowest BCUT2D eigenvalue weighted by atomic mass is 10.0. The maximum Gasteiger partial charge on any atom is 0.192 e. The second-order valence-corrected chi connectivity index (χ2v) is 4.58. The third-order valence-electron chi connectivity index (χ3n) is 2.92. The molecule has 1 aromatic carbocycles. The molecular formula is C16H17ClN2O. The Labute approximate surface area is 125 Å². The Hall–Kier alpha value is -2.13. The molecule has 0 fully saturated rings. The van der Waals surface area contributed by atoms with Crippen LogP contribution in [0.25, 0.3) is 6.20 Å². The van der Waals surface area contributed by atoms with Crippen LogP contribution in [0.4, 0.5) is 5.69 Å². The van der Waals surface area contributed by atoms with Crippen molar-refractivity contribution >= 4 is 17.7 Å². The van der Waals surface area contributed by atoms with Crippen LogP contribution in [0, 0.1) is 13.8 Å². The topological polar surface area (TPSA) is 47.0 Å². The maximum atomic E-state index is 12.1. The molecule has 1 heterocycles. The van der Waals surface area contributed by atoms with Gasteiger partial charge in [0.25, 0.3) is 0 Å². The standard InChI is InChI=1S/C16H16N2O.ClH/c1-12-3-4-15(13(2)11-12)16(19)7-10-18-8-5-14(17)6-9-18;/h3-11,17H,1-2H3;1H. The third kappa shape index (κ3) is 3.93. The SMILES string of the molecule is Cc1ccc(C(=O)C=C[n+]2ccc(N)cc2)c(C)c1.[Cl-]. The van der Waals surface area contributed by atoms with E-state index in [1.165, 1.54) is 0 Å². The Balaban J connectivity index is 0.00000200. The van der Waals surface area contributed by atoms with Gasteiger partial charge in [0.2, 0.25) is 0 Å². The fourth-order valence-corrected chi connectivity index (χ4v) is 1.88. The maximum absolute atomic E-state index is 12.1. The number of rotatable bonds is 3. The van der Waals surface area contributed by atoms with E-state index >= 15 is 0 Å². The highest BCUT2D eigenvalue weighted by Crippen LogP contribution is 2.11. The van der Waals surface area contributed by atoms with Gasteiger partial charge in [-0.05, 0) is 19.4 Å². The van der Waals surface area contributed by atoms with Crippen molar-refractivity contribution in [2.75, 3.05) is 5.73 Å². The number of hydrogen-bond acceptors (Lipinski definition) is 2. The average Bonchev–Trinajstić information content (AvgIpc) is 2.37. The van der Waals surface area contributed by atoms with Gasteiger partial charge < -0.3 is 18.1 Å². The van der Waals surface area contributed by atoms with Crippen LogP contribution in [0.5, 0.6) is 0 Å². The number of anilines is 1. The molecule has 1 aromatic heterocycles. The molecule has 2 rings (SSSR count). The molecule has 0 aliphatic rings. The quantitative estimate of drug-likeness (QED) is 0.472. The van der Waals surface area contributed by atoms with E-state index in [1.54, 1.807) is 41.4 Å². The van der Waals surface area contributed by atoms with Crippen molar-refractivity contribution in [2.24, 2.45) is 0 Å². The normalized spacial score (nSPS) is 10.3. The smallest absolute Gasteiger partial charge is 0.192 e. The number of allylic oxidation sites excluding steroid dienone is 1. The van der Waals surface area contributed by atoms with Crippen LogP contribution >= 0.6 is 0 Å². The largest absolute Gasteiger partial charge is 1.00 e. The monoisotopic (exact) mass is 288 g/mol. The molecule has 2 N–H and O–H groups in total. The number of carbonyl (C=O) groups is 1. The molecule has 0 radical (unpaired) electrons. The van der Waals surface area contributed by atoms with Crippen LogP contribution < -0.4 is 22.7 Å². The zero-order valence-corrected chi connectivity index (χ0v) is 12.3. The van der Waals surface area contributed by atoms with E-state index in [0.717, 1.165) is 16.7 Å². The lowest BCUT2D eigenvalue weighted by molar-refractivity contribution is -0.568. The highest BCUT2D eigenvalue weighted by molar-refractivity contribution is 6.06. The van der Waals surface area contributed by atoms with Gasteiger partial charge in [0, 0.05) is 23.4 Å². The van der Waals surface area contributed by atoms with Gasteiger partial charge in [-0.1, -0.05) is 23.8 Å². The Kier molecular flexibility index (Phi) is 5.47. The Bertz CT molecular complexity index is 633. The molecule has 20 heavy (non-hydrogen) atoms. The first-order valence-electron chi connectivity index (χ1n) is 6.12. The van der Waals surface area contributed by atoms with Crippen molar-refractivity contribution in [3.63, 3.8) is 0 Å². The predicted molar refractivity (Wildman–Crippen MR) is 76.6 cm³/mol. The zero-order valence-electron chi connectivity index (χ0n) is 11.5. The molecule has 3 nitrogen and oxygen atoms in total. The summed E-state index contributed by atoms with van der Waals surface area (Å²) in [6.07, 6.45) is 6.90. The lowest BCUT2D eigenvalue weighted by Gasteiger charge is -2.02. The fourth-order valence-electron chi connectivity index (χ4n) is 1.88. The molecule has 0 aliphatic heterocycles. The number of pyridine rings is 1. The summed E-state index contributed by atoms with van der Waals surface area (Å²) in [4.78, 5) is 12.1. The Morgan fingerprint density at radius 3 is 2.40 bits per heavy atom. The third-order valence-corrected chi connectivity index (χ3v) is 2.92. The van der Waals surface area contributed by atoms with E-state index in [1.807, 2.05) is 32.0 Å². The zero-order chi connectivity index (χ0) is 13.8. The number of nitrogens with two attached hydrogens (primary N) is 1. The van der Waals surface area contributed by atoms with E-state index in [-0.39, 0.29) is 18.2 Å². The van der Waals surface area contributed by atoms with Crippen molar-refractivity contribution in [1.82, 2.24) is 0 Å². The molecule has 0 bridgehead atoms. The summed E-state index contributed by atoms with van der Waals surface area (Å²) in [7, 11) is 0. The van der Waals surface area contributed by atoms with Crippen LogP contribution in [0.3, 0.4) is 0 Å². The second-order valence-electron chi connectivity index (χ2n) is 4.58. The van der Waals surface area contributed by atoms with Gasteiger partial charge in [-0.25, -0.2) is 0 Å². The second kappa shape index (κ2) is 6.87. The van der Waals surface area contributed by atoms with Crippen molar-refractivity contribution in [2.45, 2.75) is 13.8 Å². The van der Waals surface area contributed by atoms with Gasteiger partial charge in [-0.2, -0.15) is 4.57 Å². The van der Waals surface area contributed by atoms with Crippen LogP contribution in [0.15, 0.2) is 48.8 Å². The molecule has 0 saturated heterocycles. The number of halogens is 1. The summed E-state index contributed by atoms with van der Waals surface area (Å²) in [6, 6.07) is 9.39. The van der Waals surface area contributed by atoms with Gasteiger partial charge in [0.05, 0.1) is 6.08 Å². The molecule has 0 saturated carbocycles. The van der Waals surface area contributed by atoms with Crippen LogP contribution in [-0.2, 0) is 0 Å². The molecule has 104 valence electrons. The van der Waals surface area contributed by atoms with Crippen molar-refractivity contribution in [3.05, 3.63) is 65.5 Å². The van der Waals surface area contributed by atoms with Crippen LogP contribution in [0.1, 0.15) is 21.5 Å². The number of hydrogen-bond donors (Lipinski definition) is 1. The first-order valence-corrected chi connectivity index (χ1v) is 6.12.